The van der Waals surface area contributed by atoms with Crippen molar-refractivity contribution in [2.45, 2.75) is 47.0 Å². The standard InChI is InChI=1S/C8HF17O3S/c9-1(5(15,16)17,6(18,19)20)3(11,12)4(13,14)2(10,7(21,22)23)8(24,25)29(26,27)28/h(H,26,27,28). The van der Waals surface area contributed by atoms with Crippen molar-refractivity contribution in [3.63, 3.8) is 0 Å². The Morgan fingerprint density at radius 2 is 0.655 bits per heavy atom. The third-order valence-electron chi connectivity index (χ3n) is 3.16. The van der Waals surface area contributed by atoms with Crippen LogP contribution in [0.25, 0.3) is 0 Å². The Kier molecular flexibility index (Phi) is 6.08. The van der Waals surface area contributed by atoms with Crippen molar-refractivity contribution in [1.29, 1.82) is 0 Å². The van der Waals surface area contributed by atoms with Crippen LogP contribution in [0.2, 0.25) is 0 Å². The van der Waals surface area contributed by atoms with Gasteiger partial charge in [0.05, 0.1) is 0 Å². The lowest BCUT2D eigenvalue weighted by Gasteiger charge is -2.45. The molecule has 0 spiro atoms. The first-order valence-corrected chi connectivity index (χ1v) is 7.12. The Hall–Kier alpha value is -1.28. The van der Waals surface area contributed by atoms with Crippen molar-refractivity contribution in [3.8, 4) is 0 Å². The van der Waals surface area contributed by atoms with Gasteiger partial charge in [-0.15, -0.1) is 0 Å². The van der Waals surface area contributed by atoms with Gasteiger partial charge in [0.1, 0.15) is 0 Å². The van der Waals surface area contributed by atoms with Gasteiger partial charge in [-0.25, -0.2) is 8.78 Å². The fraction of sp³-hybridized carbons (Fsp3) is 1.00. The van der Waals surface area contributed by atoms with Crippen molar-refractivity contribution in [1.82, 2.24) is 0 Å². The number of halogens is 17. The van der Waals surface area contributed by atoms with Crippen LogP contribution in [0.3, 0.4) is 0 Å². The summed E-state index contributed by atoms with van der Waals surface area (Å²) in [5.41, 5.74) is -17.7. The molecule has 0 aliphatic heterocycles. The van der Waals surface area contributed by atoms with Gasteiger partial charge in [0.25, 0.3) is 0 Å². The molecule has 0 aromatic heterocycles. The second kappa shape index (κ2) is 6.36. The second-order valence-electron chi connectivity index (χ2n) is 4.95. The van der Waals surface area contributed by atoms with Crippen LogP contribution in [0.4, 0.5) is 74.6 Å². The normalized spacial score (nSPS) is 18.6. The first-order chi connectivity index (χ1) is 12.0. The largest absolute Gasteiger partial charge is 0.438 e. The molecular weight excluding hydrogens is 499 g/mol. The molecule has 0 heterocycles. The Balaban J connectivity index is 7.55. The molecule has 176 valence electrons. The van der Waals surface area contributed by atoms with Crippen molar-refractivity contribution < 1.29 is 87.6 Å². The van der Waals surface area contributed by atoms with E-state index in [1.165, 1.54) is 0 Å². The van der Waals surface area contributed by atoms with Crippen LogP contribution >= 0.6 is 0 Å². The van der Waals surface area contributed by atoms with E-state index >= 15 is 0 Å². The predicted molar refractivity (Wildman–Crippen MR) is 52.2 cm³/mol. The van der Waals surface area contributed by atoms with Crippen molar-refractivity contribution in [2.75, 3.05) is 0 Å². The van der Waals surface area contributed by atoms with Crippen molar-refractivity contribution in [3.05, 3.63) is 0 Å². The summed E-state index contributed by atoms with van der Waals surface area (Å²) in [4.78, 5) is 0. The Morgan fingerprint density at radius 1 is 0.448 bits per heavy atom. The Bertz CT molecular complexity index is 713. The molecule has 3 nitrogen and oxygen atoms in total. The summed E-state index contributed by atoms with van der Waals surface area (Å²) >= 11 is 0. The van der Waals surface area contributed by atoms with Crippen LogP contribution in [0.1, 0.15) is 0 Å². The van der Waals surface area contributed by atoms with Crippen LogP contribution < -0.4 is 0 Å². The summed E-state index contributed by atoms with van der Waals surface area (Å²) in [6.45, 7) is 0. The SMILES string of the molecule is O=S(=O)(O)C(F)(F)C(F)(C(F)(F)F)C(F)(F)C(F)(F)C(F)(C(F)(F)F)C(F)(F)F. The van der Waals surface area contributed by atoms with Gasteiger partial charge >= 0.3 is 57.1 Å². The van der Waals surface area contributed by atoms with E-state index in [-0.39, 0.29) is 0 Å². The summed E-state index contributed by atoms with van der Waals surface area (Å²) in [7, 11) is -8.23. The summed E-state index contributed by atoms with van der Waals surface area (Å²) in [6, 6.07) is 0. The van der Waals surface area contributed by atoms with Crippen LogP contribution in [0.15, 0.2) is 0 Å². The number of alkyl halides is 17. The van der Waals surface area contributed by atoms with E-state index in [0.717, 1.165) is 0 Å². The first kappa shape index (κ1) is 27.7. The third kappa shape index (κ3) is 3.26. The van der Waals surface area contributed by atoms with E-state index in [4.69, 9.17) is 4.55 Å². The first-order valence-electron chi connectivity index (χ1n) is 5.68. The fourth-order valence-corrected chi connectivity index (χ4v) is 2.25. The molecule has 0 saturated heterocycles. The third-order valence-corrected chi connectivity index (χ3v) is 4.09. The Morgan fingerprint density at radius 3 is 0.828 bits per heavy atom. The summed E-state index contributed by atoms with van der Waals surface area (Å²) in [6.07, 6.45) is -25.1. The van der Waals surface area contributed by atoms with Crippen LogP contribution in [-0.4, -0.2) is 59.9 Å². The molecule has 21 heteroatoms. The van der Waals surface area contributed by atoms with Crippen molar-refractivity contribution >= 4 is 10.1 Å². The lowest BCUT2D eigenvalue weighted by atomic mass is 9.82. The number of hydrogen-bond donors (Lipinski definition) is 1. The zero-order valence-corrected chi connectivity index (χ0v) is 12.9. The maximum Gasteiger partial charge on any atom is 0.438 e. The minimum Gasteiger partial charge on any atom is -0.281 e. The molecule has 0 saturated carbocycles. The molecule has 0 aliphatic rings. The highest BCUT2D eigenvalue weighted by Crippen LogP contribution is 2.66. The van der Waals surface area contributed by atoms with E-state index < -0.39 is 57.1 Å². The molecule has 1 unspecified atom stereocenters. The maximum atomic E-state index is 13.6. The lowest BCUT2D eigenvalue weighted by molar-refractivity contribution is -0.461. The lowest BCUT2D eigenvalue weighted by Crippen LogP contribution is -2.79. The molecule has 0 rings (SSSR count). The highest BCUT2D eigenvalue weighted by molar-refractivity contribution is 7.87. The van der Waals surface area contributed by atoms with Crippen LogP contribution in [-0.2, 0) is 10.1 Å². The van der Waals surface area contributed by atoms with E-state index in [1.807, 2.05) is 0 Å². The molecule has 1 atom stereocenters. The fourth-order valence-electron chi connectivity index (χ4n) is 1.65. The molecule has 0 aliphatic carbocycles. The van der Waals surface area contributed by atoms with Gasteiger partial charge in [-0.05, 0) is 0 Å². The minimum absolute atomic E-state index is 7.76. The quantitative estimate of drug-likeness (QED) is 0.435. The van der Waals surface area contributed by atoms with Crippen LogP contribution in [0.5, 0.6) is 0 Å². The van der Waals surface area contributed by atoms with Gasteiger partial charge in [0.2, 0.25) is 0 Å². The zero-order valence-electron chi connectivity index (χ0n) is 12.1. The van der Waals surface area contributed by atoms with E-state index in [9.17, 15) is 83.1 Å². The molecule has 0 amide bonds. The Labute approximate surface area is 146 Å². The highest BCUT2D eigenvalue weighted by atomic mass is 32.2. The van der Waals surface area contributed by atoms with Crippen LogP contribution in [0, 0.1) is 0 Å². The minimum atomic E-state index is -9.16. The second-order valence-corrected chi connectivity index (χ2v) is 6.41. The van der Waals surface area contributed by atoms with Gasteiger partial charge in [-0.3, -0.25) is 4.55 Å². The zero-order chi connectivity index (χ0) is 24.5. The van der Waals surface area contributed by atoms with Gasteiger partial charge < -0.3 is 0 Å². The van der Waals surface area contributed by atoms with Crippen molar-refractivity contribution in [2.24, 2.45) is 0 Å². The molecule has 0 radical (unpaired) electrons. The molecule has 29 heavy (non-hydrogen) atoms. The molecule has 0 fully saturated rings. The molecule has 0 aromatic carbocycles. The molecule has 0 bridgehead atoms. The number of hydrogen-bond acceptors (Lipinski definition) is 2. The van der Waals surface area contributed by atoms with E-state index in [2.05, 4.69) is 0 Å². The molecule has 0 aromatic rings. The topological polar surface area (TPSA) is 54.4 Å². The average Bonchev–Trinajstić information content (AvgIpc) is 2.39. The molecular formula is C8HF17O3S. The maximum absolute atomic E-state index is 13.6. The summed E-state index contributed by atoms with van der Waals surface area (Å²) in [5.74, 6) is -18.3. The van der Waals surface area contributed by atoms with Gasteiger partial charge in [-0.2, -0.15) is 74.3 Å². The van der Waals surface area contributed by atoms with Gasteiger partial charge in [0, 0.05) is 0 Å². The van der Waals surface area contributed by atoms with Gasteiger partial charge in [0.15, 0.2) is 0 Å². The predicted octanol–water partition coefficient (Wildman–Crippen LogP) is 4.84. The molecule has 1 N–H and O–H groups in total. The highest BCUT2D eigenvalue weighted by Gasteiger charge is 2.99. The smallest absolute Gasteiger partial charge is 0.281 e. The summed E-state index contributed by atoms with van der Waals surface area (Å²) in [5, 5.41) is -8.26. The van der Waals surface area contributed by atoms with Gasteiger partial charge in [-0.1, -0.05) is 0 Å². The monoisotopic (exact) mass is 500 g/mol. The summed E-state index contributed by atoms with van der Waals surface area (Å²) < 4.78 is 244. The van der Waals surface area contributed by atoms with E-state index in [0.29, 0.717) is 0 Å². The average molecular weight is 500 g/mol. The number of rotatable bonds is 5. The van der Waals surface area contributed by atoms with E-state index in [1.54, 1.807) is 0 Å².